The summed E-state index contributed by atoms with van der Waals surface area (Å²) >= 11 is 2.98. The lowest BCUT2D eigenvalue weighted by Crippen LogP contribution is -2.15. The molecule has 0 spiro atoms. The Morgan fingerprint density at radius 2 is 2.09 bits per heavy atom. The molecule has 4 aromatic rings. The number of hydrogen-bond acceptors (Lipinski definition) is 7. The predicted octanol–water partition coefficient (Wildman–Crippen LogP) is 5.46. The topological polar surface area (TPSA) is 85.8 Å². The molecule has 0 saturated carbocycles. The Morgan fingerprint density at radius 1 is 1.27 bits per heavy atom. The van der Waals surface area contributed by atoms with Gasteiger partial charge in [0.25, 0.3) is 11.1 Å². The lowest BCUT2D eigenvalue weighted by atomic mass is 9.90. The minimum Gasteiger partial charge on any atom is -0.410 e. The molecule has 3 aromatic heterocycles. The Balaban J connectivity index is 1.22. The van der Waals surface area contributed by atoms with Crippen LogP contribution >= 0.6 is 23.1 Å². The number of aryl methyl sites for hydroxylation is 2. The first-order valence-corrected chi connectivity index (χ1v) is 12.8. The largest absolute Gasteiger partial charge is 0.410 e. The summed E-state index contributed by atoms with van der Waals surface area (Å²) in [5.74, 6) is 1.29. The number of carbonyl (C=O) groups excluding carboxylic acids is 1. The van der Waals surface area contributed by atoms with Crippen LogP contribution in [0, 0.1) is 19.8 Å². The van der Waals surface area contributed by atoms with E-state index in [1.807, 2.05) is 48.9 Å². The highest BCUT2D eigenvalue weighted by molar-refractivity contribution is 7.99. The van der Waals surface area contributed by atoms with Gasteiger partial charge in [0.15, 0.2) is 0 Å². The van der Waals surface area contributed by atoms with Gasteiger partial charge >= 0.3 is 0 Å². The van der Waals surface area contributed by atoms with Crippen LogP contribution in [0.4, 0.5) is 5.69 Å². The van der Waals surface area contributed by atoms with Crippen LogP contribution in [0.15, 0.2) is 46.0 Å². The van der Waals surface area contributed by atoms with Crippen molar-refractivity contribution in [2.24, 2.45) is 5.92 Å². The summed E-state index contributed by atoms with van der Waals surface area (Å²) in [5, 5.41) is 16.3. The van der Waals surface area contributed by atoms with Gasteiger partial charge in [0.2, 0.25) is 5.91 Å². The molecule has 9 heteroatoms. The summed E-state index contributed by atoms with van der Waals surface area (Å²) in [6, 6.07) is 12.0. The quantitative estimate of drug-likeness (QED) is 0.370. The van der Waals surface area contributed by atoms with E-state index in [9.17, 15) is 4.79 Å². The Hall–Kier alpha value is -2.91. The summed E-state index contributed by atoms with van der Waals surface area (Å²) in [4.78, 5) is 15.1. The van der Waals surface area contributed by atoms with Gasteiger partial charge in [-0.3, -0.25) is 4.79 Å². The van der Waals surface area contributed by atoms with Crippen LogP contribution in [-0.4, -0.2) is 31.6 Å². The molecule has 0 aliphatic heterocycles. The van der Waals surface area contributed by atoms with Crippen molar-refractivity contribution >= 4 is 34.7 Å². The normalized spacial score (nSPS) is 15.4. The van der Waals surface area contributed by atoms with Crippen molar-refractivity contribution in [3.63, 3.8) is 0 Å². The van der Waals surface area contributed by atoms with Crippen LogP contribution in [0.1, 0.15) is 35.2 Å². The molecule has 0 fully saturated rings. The third-order valence-corrected chi connectivity index (χ3v) is 7.87. The highest BCUT2D eigenvalue weighted by atomic mass is 32.2. The SMILES string of the molecule is Cc1nn(-c2ccccc2)c(C)c1NC(=O)CSc1nnc(-c2cc3c(s2)CC[C@H](C)C3)o1. The first-order valence-electron chi connectivity index (χ1n) is 11.0. The van der Waals surface area contributed by atoms with E-state index in [1.165, 1.54) is 28.6 Å². The van der Waals surface area contributed by atoms with Gasteiger partial charge in [-0.25, -0.2) is 4.68 Å². The molecule has 3 heterocycles. The number of carbonyl (C=O) groups is 1. The number of nitrogens with one attached hydrogen (secondary N) is 1. The van der Waals surface area contributed by atoms with Gasteiger partial charge in [-0.05, 0) is 62.8 Å². The van der Waals surface area contributed by atoms with Crippen molar-refractivity contribution in [3.8, 4) is 16.5 Å². The Labute approximate surface area is 200 Å². The monoisotopic (exact) mass is 479 g/mol. The lowest BCUT2D eigenvalue weighted by Gasteiger charge is -2.16. The summed E-state index contributed by atoms with van der Waals surface area (Å²) in [6.45, 7) is 6.13. The number of thioether (sulfide) groups is 1. The van der Waals surface area contributed by atoms with Gasteiger partial charge < -0.3 is 9.73 Å². The highest BCUT2D eigenvalue weighted by Gasteiger charge is 2.21. The lowest BCUT2D eigenvalue weighted by molar-refractivity contribution is -0.113. The number of anilines is 1. The maximum Gasteiger partial charge on any atom is 0.277 e. The number of amides is 1. The Kier molecular flexibility index (Phi) is 6.07. The third kappa shape index (κ3) is 4.60. The molecule has 1 atom stereocenters. The number of nitrogens with zero attached hydrogens (tertiary/aromatic N) is 4. The van der Waals surface area contributed by atoms with E-state index in [4.69, 9.17) is 4.42 Å². The average molecular weight is 480 g/mol. The zero-order chi connectivity index (χ0) is 22.9. The fourth-order valence-corrected chi connectivity index (χ4v) is 5.82. The first kappa shape index (κ1) is 21.9. The van der Waals surface area contributed by atoms with Gasteiger partial charge in [-0.1, -0.05) is 36.9 Å². The molecule has 0 bridgehead atoms. The van der Waals surface area contributed by atoms with E-state index in [1.54, 1.807) is 11.3 Å². The highest BCUT2D eigenvalue weighted by Crippen LogP contribution is 2.37. The molecule has 170 valence electrons. The van der Waals surface area contributed by atoms with E-state index in [0.717, 1.165) is 46.4 Å². The molecule has 1 aliphatic carbocycles. The molecular weight excluding hydrogens is 454 g/mol. The zero-order valence-corrected chi connectivity index (χ0v) is 20.4. The number of para-hydroxylation sites is 1. The van der Waals surface area contributed by atoms with Gasteiger partial charge in [-0.2, -0.15) is 5.10 Å². The Bertz CT molecular complexity index is 1290. The molecule has 5 rings (SSSR count). The van der Waals surface area contributed by atoms with Crippen molar-refractivity contribution in [3.05, 3.63) is 58.2 Å². The number of thiophene rings is 1. The molecule has 1 aromatic carbocycles. The molecule has 7 nitrogen and oxygen atoms in total. The summed E-state index contributed by atoms with van der Waals surface area (Å²) < 4.78 is 7.68. The van der Waals surface area contributed by atoms with Crippen molar-refractivity contribution in [2.45, 2.75) is 45.3 Å². The number of rotatable bonds is 6. The van der Waals surface area contributed by atoms with Crippen molar-refractivity contribution in [1.82, 2.24) is 20.0 Å². The van der Waals surface area contributed by atoms with Crippen LogP contribution in [-0.2, 0) is 17.6 Å². The number of hydrogen-bond donors (Lipinski definition) is 1. The molecule has 0 radical (unpaired) electrons. The summed E-state index contributed by atoms with van der Waals surface area (Å²) in [5.41, 5.74) is 4.74. The van der Waals surface area contributed by atoms with E-state index in [0.29, 0.717) is 11.1 Å². The van der Waals surface area contributed by atoms with Crippen LogP contribution in [0.25, 0.3) is 16.5 Å². The fraction of sp³-hybridized carbons (Fsp3) is 0.333. The number of benzene rings is 1. The Morgan fingerprint density at radius 3 is 2.91 bits per heavy atom. The van der Waals surface area contributed by atoms with Crippen LogP contribution in [0.2, 0.25) is 0 Å². The number of aromatic nitrogens is 4. The first-order chi connectivity index (χ1) is 16.0. The van der Waals surface area contributed by atoms with E-state index in [2.05, 4.69) is 33.6 Å². The number of fused-ring (bicyclic) bond motifs is 1. The molecule has 33 heavy (non-hydrogen) atoms. The van der Waals surface area contributed by atoms with Crippen LogP contribution in [0.3, 0.4) is 0 Å². The summed E-state index contributed by atoms with van der Waals surface area (Å²) in [6.07, 6.45) is 3.47. The van der Waals surface area contributed by atoms with Crippen LogP contribution < -0.4 is 5.32 Å². The van der Waals surface area contributed by atoms with Gasteiger partial charge in [-0.15, -0.1) is 21.5 Å². The maximum atomic E-state index is 12.6. The zero-order valence-electron chi connectivity index (χ0n) is 18.8. The van der Waals surface area contributed by atoms with Gasteiger partial charge in [0, 0.05) is 4.88 Å². The molecular formula is C24H25N5O2S2. The van der Waals surface area contributed by atoms with E-state index >= 15 is 0 Å². The molecule has 1 N–H and O–H groups in total. The second-order valence-electron chi connectivity index (χ2n) is 8.41. The second-order valence-corrected chi connectivity index (χ2v) is 10.5. The van der Waals surface area contributed by atoms with Gasteiger partial charge in [0.05, 0.1) is 33.4 Å². The average Bonchev–Trinajstić information content (AvgIpc) is 3.52. The maximum absolute atomic E-state index is 12.6. The van der Waals surface area contributed by atoms with Crippen molar-refractivity contribution in [2.75, 3.05) is 11.1 Å². The van der Waals surface area contributed by atoms with E-state index in [-0.39, 0.29) is 11.7 Å². The molecule has 1 aliphatic rings. The van der Waals surface area contributed by atoms with Crippen molar-refractivity contribution in [1.29, 1.82) is 0 Å². The standard InChI is InChI=1S/C24H25N5O2S2/c1-14-9-10-19-17(11-14)12-20(33-19)23-26-27-24(31-23)32-13-21(30)25-22-15(2)28-29(16(22)3)18-7-5-4-6-8-18/h4-8,12,14H,9-11,13H2,1-3H3,(H,25,30)/t14-/m0/s1. The van der Waals surface area contributed by atoms with Crippen molar-refractivity contribution < 1.29 is 9.21 Å². The minimum atomic E-state index is -0.140. The predicted molar refractivity (Wildman–Crippen MR) is 131 cm³/mol. The molecule has 1 amide bonds. The minimum absolute atomic E-state index is 0.140. The van der Waals surface area contributed by atoms with Crippen LogP contribution in [0.5, 0.6) is 0 Å². The molecule has 0 unspecified atom stereocenters. The summed E-state index contributed by atoms with van der Waals surface area (Å²) in [7, 11) is 0. The van der Waals surface area contributed by atoms with E-state index < -0.39 is 0 Å². The molecule has 0 saturated heterocycles. The third-order valence-electron chi connectivity index (χ3n) is 5.83. The smallest absolute Gasteiger partial charge is 0.277 e. The fourth-order valence-electron chi connectivity index (χ4n) is 4.13. The second kappa shape index (κ2) is 9.15. The van der Waals surface area contributed by atoms with Gasteiger partial charge in [0.1, 0.15) is 0 Å².